The summed E-state index contributed by atoms with van der Waals surface area (Å²) < 4.78 is 24.1. The standard InChI is InChI=1S/C16H27NO2S/c1-4-6-12-20(18,19)13-16(17-3)15-10-8-14(7-5-2)9-11-15/h8-11,16-17H,4-7,12-13H2,1-3H3. The monoisotopic (exact) mass is 297 g/mol. The maximum absolute atomic E-state index is 12.1. The molecule has 0 bridgehead atoms. The first-order valence-corrected chi connectivity index (χ1v) is 9.31. The van der Waals surface area contributed by atoms with Crippen molar-refractivity contribution in [2.45, 2.75) is 45.6 Å². The smallest absolute Gasteiger partial charge is 0.152 e. The van der Waals surface area contributed by atoms with E-state index in [-0.39, 0.29) is 17.5 Å². The van der Waals surface area contributed by atoms with Gasteiger partial charge in [0, 0.05) is 6.04 Å². The van der Waals surface area contributed by atoms with Gasteiger partial charge < -0.3 is 5.32 Å². The van der Waals surface area contributed by atoms with Gasteiger partial charge in [-0.1, -0.05) is 51.0 Å². The van der Waals surface area contributed by atoms with Crippen molar-refractivity contribution in [3.8, 4) is 0 Å². The first kappa shape index (κ1) is 17.2. The van der Waals surface area contributed by atoms with E-state index >= 15 is 0 Å². The predicted octanol–water partition coefficient (Wildman–Crippen LogP) is 3.11. The van der Waals surface area contributed by atoms with Crippen molar-refractivity contribution in [1.82, 2.24) is 5.32 Å². The van der Waals surface area contributed by atoms with Crippen molar-refractivity contribution in [2.75, 3.05) is 18.6 Å². The Morgan fingerprint density at radius 2 is 1.75 bits per heavy atom. The third kappa shape index (κ3) is 5.63. The van der Waals surface area contributed by atoms with E-state index in [9.17, 15) is 8.42 Å². The normalized spacial score (nSPS) is 13.3. The second-order valence-electron chi connectivity index (χ2n) is 5.30. The molecule has 0 aliphatic heterocycles. The number of sulfone groups is 1. The molecule has 0 spiro atoms. The molecule has 3 nitrogen and oxygen atoms in total. The average Bonchev–Trinajstić information content (AvgIpc) is 2.44. The molecule has 0 fully saturated rings. The molecule has 4 heteroatoms. The summed E-state index contributed by atoms with van der Waals surface area (Å²) in [5.41, 5.74) is 2.35. The van der Waals surface area contributed by atoms with Crippen LogP contribution in [0.3, 0.4) is 0 Å². The zero-order chi connectivity index (χ0) is 15.0. The number of unbranched alkanes of at least 4 members (excludes halogenated alkanes) is 1. The molecule has 0 aromatic heterocycles. The quantitative estimate of drug-likeness (QED) is 0.762. The molecule has 20 heavy (non-hydrogen) atoms. The maximum atomic E-state index is 12.1. The molecule has 0 heterocycles. The Hall–Kier alpha value is -0.870. The molecule has 1 unspecified atom stereocenters. The predicted molar refractivity (Wildman–Crippen MR) is 85.8 cm³/mol. The Morgan fingerprint density at radius 3 is 2.25 bits per heavy atom. The molecule has 114 valence electrons. The van der Waals surface area contributed by atoms with Gasteiger partial charge in [-0.15, -0.1) is 0 Å². The molecular weight excluding hydrogens is 270 g/mol. The van der Waals surface area contributed by atoms with Crippen molar-refractivity contribution >= 4 is 9.84 Å². The third-order valence-electron chi connectivity index (χ3n) is 3.50. The van der Waals surface area contributed by atoms with Gasteiger partial charge in [-0.3, -0.25) is 0 Å². The number of nitrogens with one attached hydrogen (secondary N) is 1. The number of hydrogen-bond donors (Lipinski definition) is 1. The zero-order valence-electron chi connectivity index (χ0n) is 12.9. The first-order chi connectivity index (χ1) is 9.52. The van der Waals surface area contributed by atoms with Crippen LogP contribution in [0.2, 0.25) is 0 Å². The minimum absolute atomic E-state index is 0.118. The van der Waals surface area contributed by atoms with E-state index in [1.165, 1.54) is 5.56 Å². The van der Waals surface area contributed by atoms with Crippen LogP contribution >= 0.6 is 0 Å². The fourth-order valence-corrected chi connectivity index (χ4v) is 4.02. The highest BCUT2D eigenvalue weighted by Crippen LogP contribution is 2.17. The van der Waals surface area contributed by atoms with Crippen molar-refractivity contribution in [3.05, 3.63) is 35.4 Å². The largest absolute Gasteiger partial charge is 0.312 e. The molecule has 1 aromatic rings. The van der Waals surface area contributed by atoms with Gasteiger partial charge >= 0.3 is 0 Å². The van der Waals surface area contributed by atoms with Gasteiger partial charge in [-0.05, 0) is 31.0 Å². The molecular formula is C16H27NO2S. The Labute approximate surface area is 123 Å². The summed E-state index contributed by atoms with van der Waals surface area (Å²) in [4.78, 5) is 0. The summed E-state index contributed by atoms with van der Waals surface area (Å²) in [5, 5.41) is 3.12. The molecule has 0 amide bonds. The third-order valence-corrected chi connectivity index (χ3v) is 5.25. The summed E-state index contributed by atoms with van der Waals surface area (Å²) in [5.74, 6) is 0.465. The summed E-state index contributed by atoms with van der Waals surface area (Å²) in [7, 11) is -1.17. The van der Waals surface area contributed by atoms with Crippen LogP contribution in [-0.4, -0.2) is 27.0 Å². The Balaban J connectivity index is 2.75. The van der Waals surface area contributed by atoms with Crippen molar-refractivity contribution < 1.29 is 8.42 Å². The number of hydrogen-bond acceptors (Lipinski definition) is 3. The van der Waals surface area contributed by atoms with E-state index in [1.807, 2.05) is 26.1 Å². The highest BCUT2D eigenvalue weighted by Gasteiger charge is 2.19. The van der Waals surface area contributed by atoms with E-state index in [4.69, 9.17) is 0 Å². The van der Waals surface area contributed by atoms with Gasteiger partial charge in [0.2, 0.25) is 0 Å². The molecule has 1 aromatic carbocycles. The minimum Gasteiger partial charge on any atom is -0.312 e. The maximum Gasteiger partial charge on any atom is 0.152 e. The Morgan fingerprint density at radius 1 is 1.10 bits per heavy atom. The van der Waals surface area contributed by atoms with Gasteiger partial charge in [-0.2, -0.15) is 0 Å². The number of rotatable bonds is 9. The van der Waals surface area contributed by atoms with Gasteiger partial charge in [0.05, 0.1) is 11.5 Å². The molecule has 0 radical (unpaired) electrons. The zero-order valence-corrected chi connectivity index (χ0v) is 13.7. The van der Waals surface area contributed by atoms with Crippen LogP contribution < -0.4 is 5.32 Å². The summed E-state index contributed by atoms with van der Waals surface area (Å²) in [6, 6.07) is 8.17. The van der Waals surface area contributed by atoms with Crippen molar-refractivity contribution in [3.63, 3.8) is 0 Å². The fourth-order valence-electron chi connectivity index (χ4n) is 2.25. The molecule has 1 atom stereocenters. The van der Waals surface area contributed by atoms with Crippen LogP contribution in [-0.2, 0) is 16.3 Å². The van der Waals surface area contributed by atoms with E-state index in [2.05, 4.69) is 24.4 Å². The number of benzene rings is 1. The molecule has 0 aliphatic rings. The SMILES string of the molecule is CCCCS(=O)(=O)CC(NC)c1ccc(CCC)cc1. The summed E-state index contributed by atoms with van der Waals surface area (Å²) in [6.07, 6.45) is 3.85. The van der Waals surface area contributed by atoms with Crippen LogP contribution in [0.5, 0.6) is 0 Å². The van der Waals surface area contributed by atoms with Crippen LogP contribution in [0, 0.1) is 0 Å². The summed E-state index contributed by atoms with van der Waals surface area (Å²) in [6.45, 7) is 4.17. The van der Waals surface area contributed by atoms with E-state index < -0.39 is 9.84 Å². The lowest BCUT2D eigenvalue weighted by atomic mass is 10.0. The Kier molecular flexibility index (Phi) is 7.24. The lowest BCUT2D eigenvalue weighted by molar-refractivity contribution is 0.571. The van der Waals surface area contributed by atoms with E-state index in [1.54, 1.807) is 0 Å². The van der Waals surface area contributed by atoms with Crippen LogP contribution in [0.25, 0.3) is 0 Å². The molecule has 1 N–H and O–H groups in total. The Bertz CT molecular complexity index is 480. The van der Waals surface area contributed by atoms with E-state index in [0.717, 1.165) is 31.2 Å². The van der Waals surface area contributed by atoms with Crippen LogP contribution in [0.4, 0.5) is 0 Å². The highest BCUT2D eigenvalue weighted by molar-refractivity contribution is 7.91. The van der Waals surface area contributed by atoms with E-state index in [0.29, 0.717) is 0 Å². The van der Waals surface area contributed by atoms with Crippen molar-refractivity contribution in [2.24, 2.45) is 0 Å². The topological polar surface area (TPSA) is 46.2 Å². The van der Waals surface area contributed by atoms with Gasteiger partial charge in [0.1, 0.15) is 0 Å². The summed E-state index contributed by atoms with van der Waals surface area (Å²) >= 11 is 0. The minimum atomic E-state index is -2.99. The van der Waals surface area contributed by atoms with Crippen LogP contribution in [0.15, 0.2) is 24.3 Å². The van der Waals surface area contributed by atoms with Crippen LogP contribution in [0.1, 0.15) is 50.3 Å². The van der Waals surface area contributed by atoms with Gasteiger partial charge in [-0.25, -0.2) is 8.42 Å². The highest BCUT2D eigenvalue weighted by atomic mass is 32.2. The second-order valence-corrected chi connectivity index (χ2v) is 7.53. The molecule has 0 saturated carbocycles. The molecule has 1 rings (SSSR count). The fraction of sp³-hybridized carbons (Fsp3) is 0.625. The average molecular weight is 297 g/mol. The second kappa shape index (κ2) is 8.42. The van der Waals surface area contributed by atoms with Gasteiger partial charge in [0.25, 0.3) is 0 Å². The van der Waals surface area contributed by atoms with Gasteiger partial charge in [0.15, 0.2) is 9.84 Å². The van der Waals surface area contributed by atoms with Crippen molar-refractivity contribution in [1.29, 1.82) is 0 Å². The molecule has 0 saturated heterocycles. The molecule has 0 aliphatic carbocycles. The first-order valence-electron chi connectivity index (χ1n) is 7.49. The number of aryl methyl sites for hydroxylation is 1. The lowest BCUT2D eigenvalue weighted by Crippen LogP contribution is -2.26. The lowest BCUT2D eigenvalue weighted by Gasteiger charge is -2.17.